The molecule has 1 amide bonds. The summed E-state index contributed by atoms with van der Waals surface area (Å²) in [5, 5.41) is 8.71. The Morgan fingerprint density at radius 2 is 2.38 bits per heavy atom. The van der Waals surface area contributed by atoms with Crippen LogP contribution in [0, 0.1) is 11.3 Å². The normalized spacial score (nSPS) is 13.3. The molecule has 4 heteroatoms. The molecule has 78 valence electrons. The lowest BCUT2D eigenvalue weighted by Gasteiger charge is -1.99. The number of amides is 1. The van der Waals surface area contributed by atoms with Crippen LogP contribution in [0.4, 0.5) is 0 Å². The van der Waals surface area contributed by atoms with Gasteiger partial charge in [0.2, 0.25) is 0 Å². The maximum Gasteiger partial charge on any atom is 0.259 e. The van der Waals surface area contributed by atoms with Crippen LogP contribution in [0.2, 0.25) is 0 Å². The monoisotopic (exact) mass is 211 g/mol. The van der Waals surface area contributed by atoms with Gasteiger partial charge in [-0.25, -0.2) is 0 Å². The van der Waals surface area contributed by atoms with E-state index in [-0.39, 0.29) is 5.57 Å². The number of carbonyl (C=O) groups is 1. The topological polar surface area (TPSA) is 79.2 Å². The Bertz CT molecular complexity index is 550. The molecule has 0 radical (unpaired) electrons. The minimum absolute atomic E-state index is 0.0427. The van der Waals surface area contributed by atoms with Crippen molar-refractivity contribution in [2.75, 3.05) is 0 Å². The standard InChI is InChI=1S/C12H9N3O/c13-5-10(12(14)16)3-8-1-2-9-6-15-7-11(9)4-8/h1-4,6H,7H2,(H2,14,16)/b10-3+. The zero-order valence-corrected chi connectivity index (χ0v) is 8.47. The van der Waals surface area contributed by atoms with E-state index < -0.39 is 5.91 Å². The molecule has 16 heavy (non-hydrogen) atoms. The predicted octanol–water partition coefficient (Wildman–Crippen LogP) is 1.01. The van der Waals surface area contributed by atoms with E-state index in [1.165, 1.54) is 6.08 Å². The Balaban J connectivity index is 2.37. The summed E-state index contributed by atoms with van der Waals surface area (Å²) in [4.78, 5) is 15.0. The van der Waals surface area contributed by atoms with E-state index in [0.717, 1.165) is 16.7 Å². The Kier molecular flexibility index (Phi) is 2.52. The summed E-state index contributed by atoms with van der Waals surface area (Å²) in [6.07, 6.45) is 3.29. The van der Waals surface area contributed by atoms with Gasteiger partial charge in [-0.1, -0.05) is 12.1 Å². The van der Waals surface area contributed by atoms with E-state index in [1.54, 1.807) is 6.07 Å². The predicted molar refractivity (Wildman–Crippen MR) is 60.5 cm³/mol. The van der Waals surface area contributed by atoms with Crippen LogP contribution in [0.1, 0.15) is 16.7 Å². The molecule has 1 aromatic carbocycles. The lowest BCUT2D eigenvalue weighted by atomic mass is 10.0. The van der Waals surface area contributed by atoms with Crippen molar-refractivity contribution in [3.05, 3.63) is 40.5 Å². The second kappa shape index (κ2) is 3.99. The first-order chi connectivity index (χ1) is 7.70. The van der Waals surface area contributed by atoms with Gasteiger partial charge in [-0.05, 0) is 28.8 Å². The number of hydrogen-bond acceptors (Lipinski definition) is 3. The SMILES string of the molecule is N#C/C(=C\c1ccc2c(c1)CN=C2)C(N)=O. The summed E-state index contributed by atoms with van der Waals surface area (Å²) < 4.78 is 0. The first kappa shape index (κ1) is 10.1. The quantitative estimate of drug-likeness (QED) is 0.585. The third-order valence-corrected chi connectivity index (χ3v) is 2.36. The second-order valence-corrected chi connectivity index (χ2v) is 3.46. The number of aliphatic imine (C=N–C) groups is 1. The van der Waals surface area contributed by atoms with Gasteiger partial charge < -0.3 is 5.73 Å². The van der Waals surface area contributed by atoms with E-state index in [2.05, 4.69) is 4.99 Å². The van der Waals surface area contributed by atoms with Crippen LogP contribution in [0.25, 0.3) is 6.08 Å². The van der Waals surface area contributed by atoms with Gasteiger partial charge in [-0.15, -0.1) is 0 Å². The molecule has 0 spiro atoms. The average molecular weight is 211 g/mol. The molecule has 0 saturated heterocycles. The Labute approximate surface area is 92.7 Å². The van der Waals surface area contributed by atoms with Crippen molar-refractivity contribution in [3.8, 4) is 6.07 Å². The molecule has 2 N–H and O–H groups in total. The van der Waals surface area contributed by atoms with Crippen molar-refractivity contribution in [2.45, 2.75) is 6.54 Å². The molecule has 0 bridgehead atoms. The first-order valence-corrected chi connectivity index (χ1v) is 4.75. The Hall–Kier alpha value is -2.41. The first-order valence-electron chi connectivity index (χ1n) is 4.75. The van der Waals surface area contributed by atoms with Crippen LogP contribution in [-0.2, 0) is 11.3 Å². The summed E-state index contributed by atoms with van der Waals surface area (Å²) in [6.45, 7) is 0.648. The summed E-state index contributed by atoms with van der Waals surface area (Å²) in [6, 6.07) is 7.42. The number of rotatable bonds is 2. The summed E-state index contributed by atoms with van der Waals surface area (Å²) in [5.41, 5.74) is 7.97. The summed E-state index contributed by atoms with van der Waals surface area (Å²) >= 11 is 0. The largest absolute Gasteiger partial charge is 0.365 e. The molecule has 0 aliphatic carbocycles. The number of primary amides is 1. The van der Waals surface area contributed by atoms with Crippen LogP contribution in [0.15, 0.2) is 28.8 Å². The number of benzene rings is 1. The summed E-state index contributed by atoms with van der Waals surface area (Å²) in [7, 11) is 0. The Morgan fingerprint density at radius 1 is 1.56 bits per heavy atom. The molecular weight excluding hydrogens is 202 g/mol. The fraction of sp³-hybridized carbons (Fsp3) is 0.0833. The van der Waals surface area contributed by atoms with Crippen LogP contribution in [0.5, 0.6) is 0 Å². The third kappa shape index (κ3) is 1.84. The number of nitrogens with two attached hydrogens (primary N) is 1. The van der Waals surface area contributed by atoms with Crippen LogP contribution < -0.4 is 5.73 Å². The molecule has 1 heterocycles. The minimum atomic E-state index is -0.709. The molecule has 2 rings (SSSR count). The van der Waals surface area contributed by atoms with Crippen LogP contribution >= 0.6 is 0 Å². The zero-order chi connectivity index (χ0) is 11.5. The molecule has 4 nitrogen and oxygen atoms in total. The van der Waals surface area contributed by atoms with Crippen molar-refractivity contribution >= 4 is 18.2 Å². The fourth-order valence-electron chi connectivity index (χ4n) is 1.55. The molecule has 0 unspecified atom stereocenters. The van der Waals surface area contributed by atoms with E-state index in [4.69, 9.17) is 11.0 Å². The van der Waals surface area contributed by atoms with Crippen molar-refractivity contribution in [3.63, 3.8) is 0 Å². The van der Waals surface area contributed by atoms with Gasteiger partial charge >= 0.3 is 0 Å². The lowest BCUT2D eigenvalue weighted by molar-refractivity contribution is -0.114. The molecule has 1 aliphatic rings. The highest BCUT2D eigenvalue weighted by molar-refractivity contribution is 6.00. The van der Waals surface area contributed by atoms with Gasteiger partial charge in [0.1, 0.15) is 11.6 Å². The zero-order valence-electron chi connectivity index (χ0n) is 8.47. The third-order valence-electron chi connectivity index (χ3n) is 2.36. The van der Waals surface area contributed by atoms with Crippen molar-refractivity contribution in [1.29, 1.82) is 5.26 Å². The highest BCUT2D eigenvalue weighted by Gasteiger charge is 2.07. The fourth-order valence-corrected chi connectivity index (χ4v) is 1.55. The van der Waals surface area contributed by atoms with Crippen LogP contribution in [0.3, 0.4) is 0 Å². The molecule has 0 fully saturated rings. The van der Waals surface area contributed by atoms with Crippen LogP contribution in [-0.4, -0.2) is 12.1 Å². The van der Waals surface area contributed by atoms with Gasteiger partial charge in [-0.3, -0.25) is 9.79 Å². The van der Waals surface area contributed by atoms with E-state index in [9.17, 15) is 4.79 Å². The smallest absolute Gasteiger partial charge is 0.259 e. The molecule has 0 saturated carbocycles. The minimum Gasteiger partial charge on any atom is -0.365 e. The highest BCUT2D eigenvalue weighted by atomic mass is 16.1. The molecule has 0 atom stereocenters. The average Bonchev–Trinajstić information content (AvgIpc) is 2.72. The number of nitriles is 1. The maximum absolute atomic E-state index is 10.9. The van der Waals surface area contributed by atoms with Crippen molar-refractivity contribution in [1.82, 2.24) is 0 Å². The molecular formula is C12H9N3O. The number of nitrogens with zero attached hydrogens (tertiary/aromatic N) is 2. The number of fused-ring (bicyclic) bond motifs is 1. The van der Waals surface area contributed by atoms with Gasteiger partial charge in [0, 0.05) is 6.21 Å². The van der Waals surface area contributed by atoms with Gasteiger partial charge in [0.15, 0.2) is 0 Å². The highest BCUT2D eigenvalue weighted by Crippen LogP contribution is 2.18. The van der Waals surface area contributed by atoms with Crippen molar-refractivity contribution < 1.29 is 4.79 Å². The number of hydrogen-bond donors (Lipinski definition) is 1. The molecule has 1 aromatic rings. The van der Waals surface area contributed by atoms with Gasteiger partial charge in [0.05, 0.1) is 6.54 Å². The van der Waals surface area contributed by atoms with Gasteiger partial charge in [-0.2, -0.15) is 5.26 Å². The summed E-state index contributed by atoms with van der Waals surface area (Å²) in [5.74, 6) is -0.709. The molecule has 0 aromatic heterocycles. The van der Waals surface area contributed by atoms with E-state index in [1.807, 2.05) is 24.4 Å². The van der Waals surface area contributed by atoms with Gasteiger partial charge in [0.25, 0.3) is 5.91 Å². The van der Waals surface area contributed by atoms with E-state index in [0.29, 0.717) is 6.54 Å². The Morgan fingerprint density at radius 3 is 3.06 bits per heavy atom. The second-order valence-electron chi connectivity index (χ2n) is 3.46. The number of carbonyl (C=O) groups excluding carboxylic acids is 1. The van der Waals surface area contributed by atoms with Crippen molar-refractivity contribution in [2.24, 2.45) is 10.7 Å². The maximum atomic E-state index is 10.9. The van der Waals surface area contributed by atoms with E-state index >= 15 is 0 Å². The lowest BCUT2D eigenvalue weighted by Crippen LogP contribution is -2.12. The molecule has 1 aliphatic heterocycles.